The number of nitrogens with one attached hydrogen (secondary N) is 1. The van der Waals surface area contributed by atoms with Crippen LogP contribution in [0.4, 0.5) is 0 Å². The van der Waals surface area contributed by atoms with Crippen LogP contribution < -0.4 is 5.32 Å². The third kappa shape index (κ3) is 5.05. The van der Waals surface area contributed by atoms with E-state index in [0.29, 0.717) is 6.04 Å². The van der Waals surface area contributed by atoms with Gasteiger partial charge >= 0.3 is 0 Å². The summed E-state index contributed by atoms with van der Waals surface area (Å²) in [5.74, 6) is 0.971. The Morgan fingerprint density at radius 3 is 2.34 bits per heavy atom. The number of benzene rings is 2. The van der Waals surface area contributed by atoms with Crippen molar-refractivity contribution in [3.05, 3.63) is 72.1 Å². The average Bonchev–Trinajstić information content (AvgIpc) is 3.57. The van der Waals surface area contributed by atoms with Gasteiger partial charge in [-0.1, -0.05) is 66.7 Å². The van der Waals surface area contributed by atoms with Crippen molar-refractivity contribution in [2.24, 2.45) is 0 Å². The van der Waals surface area contributed by atoms with Crippen molar-refractivity contribution in [1.29, 1.82) is 0 Å². The predicted octanol–water partition coefficient (Wildman–Crippen LogP) is 4.37. The molecule has 1 N–H and O–H groups in total. The minimum Gasteiger partial charge on any atom is -0.352 e. The quantitative estimate of drug-likeness (QED) is 0.520. The van der Waals surface area contributed by atoms with E-state index >= 15 is 0 Å². The maximum absolute atomic E-state index is 13.2. The number of carbonyl (C=O) groups excluding carboxylic acids is 1. The highest BCUT2D eigenvalue weighted by Crippen LogP contribution is 2.37. The maximum atomic E-state index is 13.2. The van der Waals surface area contributed by atoms with Crippen molar-refractivity contribution in [2.45, 2.75) is 55.1 Å². The minimum absolute atomic E-state index is 0.0453. The van der Waals surface area contributed by atoms with Gasteiger partial charge in [0.05, 0.1) is 6.54 Å². The standard InChI is InChI=1S/C25H29N5OS/c31-24(26-20-14-15-20)23(19-10-4-1-5-11-19)32-25-28-27-22(18-29-16-8-3-9-17-29)30(25)21-12-6-2-7-13-21/h1-2,4-7,10-13,20,23H,3,8-9,14-18H2,(H,26,31). The molecule has 1 saturated heterocycles. The van der Waals surface area contributed by atoms with E-state index in [0.717, 1.165) is 54.7 Å². The summed E-state index contributed by atoms with van der Waals surface area (Å²) in [4.78, 5) is 15.6. The summed E-state index contributed by atoms with van der Waals surface area (Å²) in [6.45, 7) is 2.97. The molecule has 5 rings (SSSR count). The van der Waals surface area contributed by atoms with Gasteiger partial charge in [-0.3, -0.25) is 14.3 Å². The second-order valence-electron chi connectivity index (χ2n) is 8.60. The Labute approximate surface area is 193 Å². The summed E-state index contributed by atoms with van der Waals surface area (Å²) in [5.41, 5.74) is 2.01. The molecular weight excluding hydrogens is 418 g/mol. The van der Waals surface area contributed by atoms with Gasteiger partial charge in [0.25, 0.3) is 0 Å². The first-order chi connectivity index (χ1) is 15.8. The van der Waals surface area contributed by atoms with Gasteiger partial charge in [0.1, 0.15) is 5.25 Å². The topological polar surface area (TPSA) is 63.1 Å². The number of aromatic nitrogens is 3. The largest absolute Gasteiger partial charge is 0.352 e. The maximum Gasteiger partial charge on any atom is 0.238 e. The lowest BCUT2D eigenvalue weighted by atomic mass is 10.1. The van der Waals surface area contributed by atoms with Gasteiger partial charge in [0.15, 0.2) is 11.0 Å². The van der Waals surface area contributed by atoms with Gasteiger partial charge in [0, 0.05) is 11.7 Å². The molecule has 1 atom stereocenters. The zero-order valence-corrected chi connectivity index (χ0v) is 19.0. The molecule has 1 aliphatic heterocycles. The monoisotopic (exact) mass is 447 g/mol. The van der Waals surface area contributed by atoms with E-state index < -0.39 is 0 Å². The summed E-state index contributed by atoms with van der Waals surface area (Å²) < 4.78 is 2.12. The van der Waals surface area contributed by atoms with Crippen LogP contribution in [0.1, 0.15) is 48.7 Å². The number of para-hydroxylation sites is 1. The van der Waals surface area contributed by atoms with Gasteiger partial charge < -0.3 is 5.32 Å². The molecule has 0 bridgehead atoms. The fraction of sp³-hybridized carbons (Fsp3) is 0.400. The zero-order valence-electron chi connectivity index (χ0n) is 18.2. The van der Waals surface area contributed by atoms with E-state index in [1.165, 1.54) is 31.0 Å². The normalized spacial score (nSPS) is 17.8. The van der Waals surface area contributed by atoms with Crippen molar-refractivity contribution in [3.63, 3.8) is 0 Å². The molecule has 1 amide bonds. The van der Waals surface area contributed by atoms with Gasteiger partial charge in [-0.2, -0.15) is 0 Å². The number of piperidine rings is 1. The van der Waals surface area contributed by atoms with Crippen LogP contribution in [0.25, 0.3) is 5.69 Å². The van der Waals surface area contributed by atoms with Crippen LogP contribution in [0.3, 0.4) is 0 Å². The molecule has 2 fully saturated rings. The molecule has 2 aromatic carbocycles. The van der Waals surface area contributed by atoms with Gasteiger partial charge in [-0.15, -0.1) is 10.2 Å². The molecule has 166 valence electrons. The van der Waals surface area contributed by atoms with Crippen molar-refractivity contribution in [3.8, 4) is 5.69 Å². The van der Waals surface area contributed by atoms with Crippen LogP contribution in [0.2, 0.25) is 0 Å². The second-order valence-corrected chi connectivity index (χ2v) is 9.67. The highest BCUT2D eigenvalue weighted by Gasteiger charge is 2.31. The molecular formula is C25H29N5OS. The van der Waals surface area contributed by atoms with E-state index in [4.69, 9.17) is 0 Å². The van der Waals surface area contributed by atoms with Crippen LogP contribution in [-0.2, 0) is 11.3 Å². The predicted molar refractivity (Wildman–Crippen MR) is 127 cm³/mol. The van der Waals surface area contributed by atoms with Crippen LogP contribution in [0, 0.1) is 0 Å². The number of likely N-dealkylation sites (tertiary alicyclic amines) is 1. The lowest BCUT2D eigenvalue weighted by Gasteiger charge is -2.26. The molecule has 0 radical (unpaired) electrons. The van der Waals surface area contributed by atoms with Crippen molar-refractivity contribution in [2.75, 3.05) is 13.1 Å². The molecule has 2 aliphatic rings. The fourth-order valence-corrected chi connectivity index (χ4v) is 5.23. The van der Waals surface area contributed by atoms with E-state index in [1.54, 1.807) is 0 Å². The van der Waals surface area contributed by atoms with Crippen LogP contribution in [0.15, 0.2) is 65.8 Å². The summed E-state index contributed by atoms with van der Waals surface area (Å²) in [6.07, 6.45) is 5.91. The Bertz CT molecular complexity index is 1030. The van der Waals surface area contributed by atoms with Gasteiger partial charge in [0.2, 0.25) is 5.91 Å². The number of nitrogens with zero attached hydrogens (tertiary/aromatic N) is 4. The molecule has 7 heteroatoms. The summed E-state index contributed by atoms with van der Waals surface area (Å²) in [6, 6.07) is 20.5. The minimum atomic E-state index is -0.369. The Kier molecular flexibility index (Phi) is 6.55. The third-order valence-electron chi connectivity index (χ3n) is 6.02. The molecule has 1 aromatic heterocycles. The Morgan fingerprint density at radius 2 is 1.66 bits per heavy atom. The Morgan fingerprint density at radius 1 is 0.969 bits per heavy atom. The molecule has 1 aliphatic carbocycles. The highest BCUT2D eigenvalue weighted by atomic mass is 32.2. The second kappa shape index (κ2) is 9.88. The first-order valence-corrected chi connectivity index (χ1v) is 12.4. The highest BCUT2D eigenvalue weighted by molar-refractivity contribution is 8.00. The van der Waals surface area contributed by atoms with Crippen LogP contribution in [-0.4, -0.2) is 44.7 Å². The van der Waals surface area contributed by atoms with Crippen LogP contribution in [0.5, 0.6) is 0 Å². The Balaban J connectivity index is 1.47. The van der Waals surface area contributed by atoms with Crippen molar-refractivity contribution in [1.82, 2.24) is 25.0 Å². The van der Waals surface area contributed by atoms with Crippen molar-refractivity contribution < 1.29 is 4.79 Å². The lowest BCUT2D eigenvalue weighted by molar-refractivity contribution is -0.120. The number of amides is 1. The molecule has 1 saturated carbocycles. The number of hydrogen-bond donors (Lipinski definition) is 1. The van der Waals surface area contributed by atoms with Gasteiger partial charge in [-0.25, -0.2) is 0 Å². The summed E-state index contributed by atoms with van der Waals surface area (Å²) in [7, 11) is 0. The zero-order chi connectivity index (χ0) is 21.8. The van der Waals surface area contributed by atoms with Crippen LogP contribution >= 0.6 is 11.8 Å². The number of carbonyl (C=O) groups is 1. The fourth-order valence-electron chi connectivity index (χ4n) is 4.14. The lowest BCUT2D eigenvalue weighted by Crippen LogP contribution is -2.30. The summed E-state index contributed by atoms with van der Waals surface area (Å²) >= 11 is 1.48. The number of hydrogen-bond acceptors (Lipinski definition) is 5. The number of rotatable bonds is 8. The molecule has 0 spiro atoms. The third-order valence-corrected chi connectivity index (χ3v) is 7.21. The summed E-state index contributed by atoms with van der Waals surface area (Å²) in [5, 5.41) is 12.7. The smallest absolute Gasteiger partial charge is 0.238 e. The molecule has 3 aromatic rings. The first kappa shape index (κ1) is 21.2. The van der Waals surface area contributed by atoms with E-state index in [-0.39, 0.29) is 11.2 Å². The molecule has 6 nitrogen and oxygen atoms in total. The molecule has 1 unspecified atom stereocenters. The van der Waals surface area contributed by atoms with Crippen molar-refractivity contribution >= 4 is 17.7 Å². The molecule has 32 heavy (non-hydrogen) atoms. The van der Waals surface area contributed by atoms with E-state index in [2.05, 4.69) is 37.1 Å². The SMILES string of the molecule is O=C(NC1CC1)C(Sc1nnc(CN2CCCCC2)n1-c1ccccc1)c1ccccc1. The van der Waals surface area contributed by atoms with E-state index in [1.807, 2.05) is 48.5 Å². The van der Waals surface area contributed by atoms with E-state index in [9.17, 15) is 4.79 Å². The number of thioether (sulfide) groups is 1. The first-order valence-electron chi connectivity index (χ1n) is 11.5. The Hall–Kier alpha value is -2.64. The van der Waals surface area contributed by atoms with Gasteiger partial charge in [-0.05, 0) is 56.5 Å². The average molecular weight is 448 g/mol. The molecule has 2 heterocycles.